The molecule has 92 valence electrons. The lowest BCUT2D eigenvalue weighted by Crippen LogP contribution is -2.47. The first-order valence-electron chi connectivity index (χ1n) is 7.00. The van der Waals surface area contributed by atoms with E-state index in [0.717, 1.165) is 30.1 Å². The highest BCUT2D eigenvalue weighted by molar-refractivity contribution is 5.04. The Bertz CT molecular complexity index is 402. The van der Waals surface area contributed by atoms with Crippen LogP contribution in [0, 0.1) is 30.1 Å². The summed E-state index contributed by atoms with van der Waals surface area (Å²) in [5.41, 5.74) is 0.522. The number of nitrogens with zero attached hydrogens (tertiary/aromatic N) is 2. The van der Waals surface area contributed by atoms with E-state index in [1.165, 1.54) is 38.5 Å². The lowest BCUT2D eigenvalue weighted by molar-refractivity contribution is -0.0551. The van der Waals surface area contributed by atoms with Crippen LogP contribution in [0.4, 0.5) is 0 Å². The number of aromatic nitrogens is 2. The molecule has 3 nitrogen and oxygen atoms in total. The second kappa shape index (κ2) is 3.33. The SMILES string of the molecule is Cc1nnc(CC23CC4CC(CC(C4)C2)C3)o1. The highest BCUT2D eigenvalue weighted by atomic mass is 16.4. The molecule has 17 heavy (non-hydrogen) atoms. The van der Waals surface area contributed by atoms with Crippen LogP contribution in [0.2, 0.25) is 0 Å². The van der Waals surface area contributed by atoms with Gasteiger partial charge in [0.05, 0.1) is 0 Å². The molecule has 4 aliphatic carbocycles. The Kier molecular flexibility index (Phi) is 1.98. The molecule has 1 aromatic rings. The predicted molar refractivity (Wildman–Crippen MR) is 63.3 cm³/mol. The van der Waals surface area contributed by atoms with Crippen molar-refractivity contribution >= 4 is 0 Å². The van der Waals surface area contributed by atoms with E-state index in [1.54, 1.807) is 0 Å². The van der Waals surface area contributed by atoms with Crippen LogP contribution in [-0.4, -0.2) is 10.2 Å². The predicted octanol–water partition coefficient (Wildman–Crippen LogP) is 3.14. The van der Waals surface area contributed by atoms with E-state index in [-0.39, 0.29) is 0 Å². The van der Waals surface area contributed by atoms with Gasteiger partial charge in [0, 0.05) is 13.3 Å². The molecule has 0 saturated heterocycles. The number of aryl methyl sites for hydroxylation is 1. The minimum Gasteiger partial charge on any atom is -0.426 e. The molecule has 5 rings (SSSR count). The van der Waals surface area contributed by atoms with Gasteiger partial charge in [0.25, 0.3) is 0 Å². The average Bonchev–Trinajstić information content (AvgIpc) is 2.60. The van der Waals surface area contributed by atoms with Gasteiger partial charge in [-0.3, -0.25) is 0 Å². The number of hydrogen-bond donors (Lipinski definition) is 0. The van der Waals surface area contributed by atoms with Gasteiger partial charge in [-0.2, -0.15) is 0 Å². The topological polar surface area (TPSA) is 38.9 Å². The molecule has 0 spiro atoms. The summed E-state index contributed by atoms with van der Waals surface area (Å²) in [6.07, 6.45) is 9.80. The van der Waals surface area contributed by atoms with E-state index < -0.39 is 0 Å². The maximum Gasteiger partial charge on any atom is 0.217 e. The molecular formula is C14H20N2O. The number of hydrogen-bond acceptors (Lipinski definition) is 3. The van der Waals surface area contributed by atoms with Gasteiger partial charge >= 0.3 is 0 Å². The zero-order valence-electron chi connectivity index (χ0n) is 10.5. The Morgan fingerprint density at radius 3 is 2.12 bits per heavy atom. The van der Waals surface area contributed by atoms with Crippen molar-refractivity contribution in [3.63, 3.8) is 0 Å². The zero-order valence-corrected chi connectivity index (χ0v) is 10.5. The molecule has 4 aliphatic rings. The molecule has 0 amide bonds. The molecule has 0 atom stereocenters. The van der Waals surface area contributed by atoms with Crippen molar-refractivity contribution in [3.05, 3.63) is 11.8 Å². The molecule has 4 fully saturated rings. The molecular weight excluding hydrogens is 212 g/mol. The van der Waals surface area contributed by atoms with Crippen molar-refractivity contribution in [2.75, 3.05) is 0 Å². The van der Waals surface area contributed by atoms with Gasteiger partial charge in [0.15, 0.2) is 0 Å². The summed E-state index contributed by atoms with van der Waals surface area (Å²) in [6.45, 7) is 1.89. The Labute approximate surface area is 102 Å². The van der Waals surface area contributed by atoms with Gasteiger partial charge in [-0.05, 0) is 61.7 Å². The third-order valence-corrected chi connectivity index (χ3v) is 5.26. The van der Waals surface area contributed by atoms with E-state index >= 15 is 0 Å². The molecule has 4 saturated carbocycles. The molecule has 0 radical (unpaired) electrons. The first-order chi connectivity index (χ1) is 8.21. The summed E-state index contributed by atoms with van der Waals surface area (Å²) in [5, 5.41) is 8.17. The summed E-state index contributed by atoms with van der Waals surface area (Å²) >= 11 is 0. The monoisotopic (exact) mass is 232 g/mol. The molecule has 0 N–H and O–H groups in total. The summed E-state index contributed by atoms with van der Waals surface area (Å²) in [7, 11) is 0. The highest BCUT2D eigenvalue weighted by Crippen LogP contribution is 2.60. The van der Waals surface area contributed by atoms with Crippen molar-refractivity contribution in [2.24, 2.45) is 23.2 Å². The Balaban J connectivity index is 1.60. The summed E-state index contributed by atoms with van der Waals surface area (Å²) in [5.74, 6) is 4.61. The van der Waals surface area contributed by atoms with E-state index in [9.17, 15) is 0 Å². The van der Waals surface area contributed by atoms with Crippen molar-refractivity contribution in [1.29, 1.82) is 0 Å². The summed E-state index contributed by atoms with van der Waals surface area (Å²) in [6, 6.07) is 0. The van der Waals surface area contributed by atoms with E-state index in [4.69, 9.17) is 4.42 Å². The maximum atomic E-state index is 5.60. The fraction of sp³-hybridized carbons (Fsp3) is 0.857. The standard InChI is InChI=1S/C14H20N2O/c1-9-15-16-13(17-9)8-14-5-10-2-11(6-14)4-12(3-10)7-14/h10-12H,2-8H2,1H3. The van der Waals surface area contributed by atoms with Gasteiger partial charge < -0.3 is 4.42 Å². The molecule has 1 aromatic heterocycles. The van der Waals surface area contributed by atoms with E-state index in [0.29, 0.717) is 11.3 Å². The van der Waals surface area contributed by atoms with Gasteiger partial charge in [0.1, 0.15) is 0 Å². The second-order valence-corrected chi connectivity index (χ2v) is 6.81. The smallest absolute Gasteiger partial charge is 0.217 e. The summed E-state index contributed by atoms with van der Waals surface area (Å²) < 4.78 is 5.60. The van der Waals surface area contributed by atoms with Gasteiger partial charge in [-0.1, -0.05) is 0 Å². The lowest BCUT2D eigenvalue weighted by atomic mass is 9.49. The van der Waals surface area contributed by atoms with Gasteiger partial charge in [0.2, 0.25) is 11.8 Å². The highest BCUT2D eigenvalue weighted by Gasteiger charge is 2.51. The Morgan fingerprint density at radius 2 is 1.65 bits per heavy atom. The largest absolute Gasteiger partial charge is 0.426 e. The quantitative estimate of drug-likeness (QED) is 0.786. The van der Waals surface area contributed by atoms with Crippen LogP contribution in [0.5, 0.6) is 0 Å². The normalized spacial score (nSPS) is 43.2. The lowest BCUT2D eigenvalue weighted by Gasteiger charge is -2.56. The molecule has 0 unspecified atom stereocenters. The summed E-state index contributed by atoms with van der Waals surface area (Å²) in [4.78, 5) is 0. The van der Waals surface area contributed by atoms with Crippen LogP contribution in [0.15, 0.2) is 4.42 Å². The maximum absolute atomic E-state index is 5.60. The fourth-order valence-electron chi connectivity index (χ4n) is 5.24. The van der Waals surface area contributed by atoms with Crippen molar-refractivity contribution in [1.82, 2.24) is 10.2 Å². The van der Waals surface area contributed by atoms with E-state index in [1.807, 2.05) is 6.92 Å². The number of rotatable bonds is 2. The average molecular weight is 232 g/mol. The van der Waals surface area contributed by atoms with Crippen LogP contribution in [0.25, 0.3) is 0 Å². The van der Waals surface area contributed by atoms with Gasteiger partial charge in [-0.25, -0.2) is 0 Å². The van der Waals surface area contributed by atoms with Crippen molar-refractivity contribution in [2.45, 2.75) is 51.9 Å². The van der Waals surface area contributed by atoms with Crippen LogP contribution >= 0.6 is 0 Å². The van der Waals surface area contributed by atoms with E-state index in [2.05, 4.69) is 10.2 Å². The van der Waals surface area contributed by atoms with Crippen LogP contribution in [0.1, 0.15) is 50.3 Å². The molecule has 4 bridgehead atoms. The Morgan fingerprint density at radius 1 is 1.06 bits per heavy atom. The zero-order chi connectivity index (χ0) is 11.5. The molecule has 0 aliphatic heterocycles. The molecule has 0 aromatic carbocycles. The first kappa shape index (κ1) is 10.1. The third kappa shape index (κ3) is 1.62. The minimum atomic E-state index is 0.522. The van der Waals surface area contributed by atoms with Crippen LogP contribution in [0.3, 0.4) is 0 Å². The minimum absolute atomic E-state index is 0.522. The second-order valence-electron chi connectivity index (χ2n) is 6.81. The molecule has 1 heterocycles. The first-order valence-corrected chi connectivity index (χ1v) is 7.00. The van der Waals surface area contributed by atoms with Crippen LogP contribution < -0.4 is 0 Å². The van der Waals surface area contributed by atoms with Crippen molar-refractivity contribution in [3.8, 4) is 0 Å². The van der Waals surface area contributed by atoms with Crippen LogP contribution in [-0.2, 0) is 6.42 Å². The van der Waals surface area contributed by atoms with Crippen molar-refractivity contribution < 1.29 is 4.42 Å². The van der Waals surface area contributed by atoms with Gasteiger partial charge in [-0.15, -0.1) is 10.2 Å². The Hall–Kier alpha value is -0.860. The fourth-order valence-corrected chi connectivity index (χ4v) is 5.24. The molecule has 3 heteroatoms. The third-order valence-electron chi connectivity index (χ3n) is 5.26.